The summed E-state index contributed by atoms with van der Waals surface area (Å²) in [6, 6.07) is 19.3. The number of hydrogen-bond donors (Lipinski definition) is 2. The fourth-order valence-electron chi connectivity index (χ4n) is 4.17. The molecule has 2 N–H and O–H groups in total. The first-order valence-electron chi connectivity index (χ1n) is 8.96. The number of fused-ring (bicyclic) bond motifs is 1. The van der Waals surface area contributed by atoms with Crippen LogP contribution in [0.15, 0.2) is 82.0 Å². The Morgan fingerprint density at radius 2 is 1.00 bits per heavy atom. The summed E-state index contributed by atoms with van der Waals surface area (Å²) in [5.41, 5.74) is 1.84. The minimum absolute atomic E-state index is 0.0858. The first-order chi connectivity index (χ1) is 13.7. The van der Waals surface area contributed by atoms with Gasteiger partial charge in [0.25, 0.3) is 0 Å². The van der Waals surface area contributed by atoms with Gasteiger partial charge < -0.3 is 19.0 Å². The van der Waals surface area contributed by atoms with Gasteiger partial charge in [0.2, 0.25) is 0 Å². The number of rotatable bonds is 2. The van der Waals surface area contributed by atoms with E-state index in [1.165, 1.54) is 0 Å². The van der Waals surface area contributed by atoms with Gasteiger partial charge in [-0.3, -0.25) is 0 Å². The summed E-state index contributed by atoms with van der Waals surface area (Å²) in [6.07, 6.45) is 3.27. The molecule has 0 unspecified atom stereocenters. The maximum atomic E-state index is 10.7. The van der Waals surface area contributed by atoms with Crippen LogP contribution in [0, 0.1) is 0 Å². The molecule has 7 rings (SSSR count). The molecule has 0 aliphatic carbocycles. The highest BCUT2D eigenvalue weighted by molar-refractivity contribution is 6.32. The van der Waals surface area contributed by atoms with Gasteiger partial charge in [-0.25, -0.2) is 0 Å². The molecule has 0 saturated carbocycles. The van der Waals surface area contributed by atoms with Crippen LogP contribution in [-0.4, -0.2) is 10.2 Å². The maximum absolute atomic E-state index is 10.7. The fraction of sp³-hybridized carbons (Fsp3) is 0. The van der Waals surface area contributed by atoms with E-state index in [4.69, 9.17) is 8.83 Å². The topological polar surface area (TPSA) is 66.7 Å². The Morgan fingerprint density at radius 3 is 1.39 bits per heavy atom. The van der Waals surface area contributed by atoms with Crippen LogP contribution in [0.2, 0.25) is 0 Å². The number of furan rings is 2. The zero-order valence-corrected chi connectivity index (χ0v) is 14.6. The maximum Gasteiger partial charge on any atom is 0.166 e. The highest BCUT2D eigenvalue weighted by Gasteiger charge is 2.22. The van der Waals surface area contributed by atoms with Crippen LogP contribution >= 0.6 is 0 Å². The molecule has 4 heteroatoms. The smallest absolute Gasteiger partial charge is 0.166 e. The van der Waals surface area contributed by atoms with Crippen LogP contribution in [0.3, 0.4) is 0 Å². The first-order valence-corrected chi connectivity index (χ1v) is 8.96. The average molecular weight is 366 g/mol. The monoisotopic (exact) mass is 366 g/mol. The van der Waals surface area contributed by atoms with E-state index < -0.39 is 0 Å². The summed E-state index contributed by atoms with van der Waals surface area (Å²) in [5.74, 6) is 1.35. The zero-order chi connectivity index (χ0) is 18.8. The van der Waals surface area contributed by atoms with Gasteiger partial charge in [0.05, 0.1) is 12.5 Å². The lowest BCUT2D eigenvalue weighted by molar-refractivity contribution is 0.412. The third kappa shape index (κ3) is 1.89. The van der Waals surface area contributed by atoms with Crippen molar-refractivity contribution in [3.63, 3.8) is 0 Å². The average Bonchev–Trinajstić information content (AvgIpc) is 3.44. The van der Waals surface area contributed by atoms with Gasteiger partial charge in [0, 0.05) is 21.9 Å². The molecule has 0 amide bonds. The van der Waals surface area contributed by atoms with Crippen molar-refractivity contribution in [1.82, 2.24) is 0 Å². The molecule has 0 aliphatic heterocycles. The Hall–Kier alpha value is -3.92. The molecule has 2 bridgehead atoms. The van der Waals surface area contributed by atoms with Crippen molar-refractivity contribution in [1.29, 1.82) is 0 Å². The molecule has 4 nitrogen and oxygen atoms in total. The van der Waals surface area contributed by atoms with Crippen molar-refractivity contribution in [2.24, 2.45) is 0 Å². The molecule has 2 heterocycles. The van der Waals surface area contributed by atoms with E-state index in [2.05, 4.69) is 0 Å². The second kappa shape index (κ2) is 5.30. The molecule has 7 aromatic rings. The van der Waals surface area contributed by atoms with Crippen molar-refractivity contribution in [2.75, 3.05) is 0 Å². The van der Waals surface area contributed by atoms with Crippen molar-refractivity contribution >= 4 is 32.3 Å². The van der Waals surface area contributed by atoms with Gasteiger partial charge in [-0.05, 0) is 57.9 Å². The molecule has 134 valence electrons. The minimum Gasteiger partial charge on any atom is -0.504 e. The summed E-state index contributed by atoms with van der Waals surface area (Å²) in [5, 5.41) is 26.2. The Bertz CT molecular complexity index is 1340. The lowest BCUT2D eigenvalue weighted by Gasteiger charge is -2.17. The highest BCUT2D eigenvalue weighted by Crippen LogP contribution is 2.51. The van der Waals surface area contributed by atoms with Crippen molar-refractivity contribution in [2.45, 2.75) is 0 Å². The summed E-state index contributed by atoms with van der Waals surface area (Å²) in [7, 11) is 0. The number of phenols is 4. The lowest BCUT2D eigenvalue weighted by atomic mass is 9.88. The van der Waals surface area contributed by atoms with E-state index in [9.17, 15) is 10.2 Å². The lowest BCUT2D eigenvalue weighted by Crippen LogP contribution is -1.90. The molecule has 0 spiro atoms. The summed E-state index contributed by atoms with van der Waals surface area (Å²) in [4.78, 5) is 0. The SMILES string of the molecule is Oc1c(O)c2c3ccc(-c4ccco4)cc3c1c1ccc(-c3ccco3)cc12. The Balaban J connectivity index is 1.74. The Labute approximate surface area is 159 Å². The molecule has 0 saturated heterocycles. The van der Waals surface area contributed by atoms with Crippen molar-refractivity contribution in [3.05, 3.63) is 73.2 Å². The molecule has 2 aromatic heterocycles. The van der Waals surface area contributed by atoms with E-state index in [1.807, 2.05) is 60.7 Å². The fourth-order valence-corrected chi connectivity index (χ4v) is 4.17. The summed E-state index contributed by atoms with van der Waals surface area (Å²) < 4.78 is 11.0. The van der Waals surface area contributed by atoms with Crippen LogP contribution in [0.4, 0.5) is 0 Å². The molecule has 0 radical (unpaired) electrons. The molecule has 0 atom stereocenters. The van der Waals surface area contributed by atoms with Crippen LogP contribution in [0.25, 0.3) is 55.0 Å². The second-order valence-electron chi connectivity index (χ2n) is 6.92. The van der Waals surface area contributed by atoms with Gasteiger partial charge in [-0.1, -0.05) is 24.3 Å². The van der Waals surface area contributed by atoms with E-state index in [1.54, 1.807) is 12.5 Å². The standard InChI is InChI=1S/C24H14O4/c25-23-21-16-8-6-14(20-4-2-10-28-20)12-18(16)22(24(23)26)15-7-5-13(11-17(15)21)19-3-1-9-27-19/h1-12,25-26H. The van der Waals surface area contributed by atoms with E-state index in [-0.39, 0.29) is 11.5 Å². The second-order valence-corrected chi connectivity index (χ2v) is 6.92. The number of benzene rings is 5. The molecular weight excluding hydrogens is 352 g/mol. The normalized spacial score (nSPS) is 11.9. The van der Waals surface area contributed by atoms with Crippen molar-refractivity contribution < 1.29 is 19.0 Å². The number of phenolic OH excluding ortho intramolecular Hbond substituents is 2. The van der Waals surface area contributed by atoms with Gasteiger partial charge >= 0.3 is 0 Å². The number of aromatic hydroxyl groups is 2. The summed E-state index contributed by atoms with van der Waals surface area (Å²) in [6.45, 7) is 0. The first kappa shape index (κ1) is 15.2. The summed E-state index contributed by atoms with van der Waals surface area (Å²) >= 11 is 0. The van der Waals surface area contributed by atoms with Crippen LogP contribution in [-0.2, 0) is 0 Å². The quantitative estimate of drug-likeness (QED) is 0.271. The predicted octanol–water partition coefficient (Wildman–Crippen LogP) is 6.52. The van der Waals surface area contributed by atoms with Crippen LogP contribution < -0.4 is 0 Å². The molecule has 5 aromatic carbocycles. The highest BCUT2D eigenvalue weighted by atomic mass is 16.3. The Kier molecular flexibility index (Phi) is 2.87. The third-order valence-corrected chi connectivity index (χ3v) is 5.43. The van der Waals surface area contributed by atoms with Crippen LogP contribution in [0.1, 0.15) is 0 Å². The van der Waals surface area contributed by atoms with Gasteiger partial charge in [-0.2, -0.15) is 0 Å². The number of hydrogen-bond acceptors (Lipinski definition) is 4. The Morgan fingerprint density at radius 1 is 0.536 bits per heavy atom. The molecule has 28 heavy (non-hydrogen) atoms. The zero-order valence-electron chi connectivity index (χ0n) is 14.6. The van der Waals surface area contributed by atoms with Gasteiger partial charge in [0.15, 0.2) is 11.5 Å². The third-order valence-electron chi connectivity index (χ3n) is 5.43. The van der Waals surface area contributed by atoms with Crippen LogP contribution in [0.5, 0.6) is 11.5 Å². The largest absolute Gasteiger partial charge is 0.504 e. The van der Waals surface area contributed by atoms with E-state index >= 15 is 0 Å². The molecular formula is C24H14O4. The molecule has 0 fully saturated rings. The van der Waals surface area contributed by atoms with E-state index in [0.717, 1.165) is 44.2 Å². The minimum atomic E-state index is -0.0858. The van der Waals surface area contributed by atoms with Gasteiger partial charge in [-0.15, -0.1) is 0 Å². The van der Waals surface area contributed by atoms with Crippen molar-refractivity contribution in [3.8, 4) is 34.1 Å². The molecule has 0 aliphatic rings. The van der Waals surface area contributed by atoms with Gasteiger partial charge in [0.1, 0.15) is 11.5 Å². The van der Waals surface area contributed by atoms with E-state index in [0.29, 0.717) is 10.8 Å². The predicted molar refractivity (Wildman–Crippen MR) is 109 cm³/mol.